The van der Waals surface area contributed by atoms with Crippen LogP contribution in [0.4, 0.5) is 10.3 Å². The maximum atomic E-state index is 13.3. The summed E-state index contributed by atoms with van der Waals surface area (Å²) in [5, 5.41) is 7.87. The van der Waals surface area contributed by atoms with Crippen molar-refractivity contribution >= 4 is 28.6 Å². The topological polar surface area (TPSA) is 75.6 Å². The minimum absolute atomic E-state index is 0.0499. The molecule has 0 aliphatic rings. The second-order valence-corrected chi connectivity index (χ2v) is 7.33. The van der Waals surface area contributed by atoms with E-state index in [4.69, 9.17) is 11.6 Å². The zero-order valence-electron chi connectivity index (χ0n) is 14.4. The van der Waals surface area contributed by atoms with Crippen LogP contribution in [0.3, 0.4) is 0 Å². The molecule has 3 aromatic rings. The minimum Gasteiger partial charge on any atom is -0.349 e. The number of hydrogen-bond acceptors (Lipinski definition) is 4. The first-order chi connectivity index (χ1) is 11.7. The predicted octanol–water partition coefficient (Wildman–Crippen LogP) is 3.84. The lowest BCUT2D eigenvalue weighted by Crippen LogP contribution is -2.24. The normalized spacial score (nSPS) is 13.2. The molecule has 0 spiro atoms. The Labute approximate surface area is 149 Å². The lowest BCUT2D eigenvalue weighted by Gasteiger charge is -2.20. The molecule has 0 aliphatic carbocycles. The molecular formula is C17H19ClFN5O. The summed E-state index contributed by atoms with van der Waals surface area (Å²) in [6, 6.07) is 4.26. The van der Waals surface area contributed by atoms with Crippen LogP contribution in [-0.4, -0.2) is 19.7 Å². The smallest absolute Gasteiger partial charge is 0.263 e. The quantitative estimate of drug-likeness (QED) is 0.741. The van der Waals surface area contributed by atoms with Crippen molar-refractivity contribution in [3.05, 3.63) is 51.2 Å². The predicted molar refractivity (Wildman–Crippen MR) is 96.6 cm³/mol. The number of aromatic amines is 1. The number of benzene rings is 1. The molecule has 3 rings (SSSR count). The van der Waals surface area contributed by atoms with Gasteiger partial charge >= 0.3 is 0 Å². The van der Waals surface area contributed by atoms with E-state index in [9.17, 15) is 9.18 Å². The van der Waals surface area contributed by atoms with Gasteiger partial charge in [0.2, 0.25) is 5.95 Å². The van der Waals surface area contributed by atoms with Crippen LogP contribution in [0.5, 0.6) is 0 Å². The number of rotatable bonds is 3. The molecule has 0 bridgehead atoms. The van der Waals surface area contributed by atoms with E-state index < -0.39 is 5.82 Å². The van der Waals surface area contributed by atoms with E-state index in [0.717, 1.165) is 5.56 Å². The average Bonchev–Trinajstić information content (AvgIpc) is 2.94. The van der Waals surface area contributed by atoms with E-state index in [-0.39, 0.29) is 22.2 Å². The van der Waals surface area contributed by atoms with Crippen molar-refractivity contribution in [1.82, 2.24) is 19.7 Å². The summed E-state index contributed by atoms with van der Waals surface area (Å²) in [4.78, 5) is 19.5. The largest absolute Gasteiger partial charge is 0.349 e. The van der Waals surface area contributed by atoms with Gasteiger partial charge in [0.25, 0.3) is 5.56 Å². The number of nitrogens with one attached hydrogen (secondary N) is 2. The second-order valence-electron chi connectivity index (χ2n) is 6.92. The molecule has 1 unspecified atom stereocenters. The Hall–Kier alpha value is -2.41. The molecule has 2 N–H and O–H groups in total. The summed E-state index contributed by atoms with van der Waals surface area (Å²) in [6.07, 6.45) is 1.51. The van der Waals surface area contributed by atoms with Gasteiger partial charge in [0.15, 0.2) is 5.65 Å². The number of nitrogens with zero attached hydrogens (tertiary/aromatic N) is 3. The lowest BCUT2D eigenvalue weighted by atomic mass is 10.1. The van der Waals surface area contributed by atoms with E-state index >= 15 is 0 Å². The van der Waals surface area contributed by atoms with Crippen molar-refractivity contribution < 1.29 is 4.39 Å². The first kappa shape index (κ1) is 17.4. The molecule has 0 radical (unpaired) electrons. The van der Waals surface area contributed by atoms with Gasteiger partial charge in [0.05, 0.1) is 22.8 Å². The van der Waals surface area contributed by atoms with Crippen molar-refractivity contribution in [2.75, 3.05) is 5.32 Å². The molecule has 1 atom stereocenters. The van der Waals surface area contributed by atoms with E-state index in [1.807, 2.05) is 27.7 Å². The van der Waals surface area contributed by atoms with Crippen LogP contribution in [0, 0.1) is 5.82 Å². The van der Waals surface area contributed by atoms with E-state index in [0.29, 0.717) is 17.0 Å². The summed E-state index contributed by atoms with van der Waals surface area (Å²) in [5.74, 6) is -0.156. The third kappa shape index (κ3) is 3.37. The highest BCUT2D eigenvalue weighted by molar-refractivity contribution is 6.30. The Morgan fingerprint density at radius 2 is 2.08 bits per heavy atom. The lowest BCUT2D eigenvalue weighted by molar-refractivity contribution is 0.366. The van der Waals surface area contributed by atoms with Gasteiger partial charge in [0.1, 0.15) is 11.2 Å². The van der Waals surface area contributed by atoms with Gasteiger partial charge < -0.3 is 5.32 Å². The summed E-state index contributed by atoms with van der Waals surface area (Å²) >= 11 is 5.83. The molecule has 0 saturated heterocycles. The molecule has 25 heavy (non-hydrogen) atoms. The molecule has 6 nitrogen and oxygen atoms in total. The van der Waals surface area contributed by atoms with Crippen molar-refractivity contribution in [2.45, 2.75) is 39.3 Å². The highest BCUT2D eigenvalue weighted by atomic mass is 35.5. The molecule has 0 fully saturated rings. The second kappa shape index (κ2) is 6.15. The molecule has 132 valence electrons. The van der Waals surface area contributed by atoms with Crippen LogP contribution in [-0.2, 0) is 5.54 Å². The Morgan fingerprint density at radius 3 is 2.72 bits per heavy atom. The number of fused-ring (bicyclic) bond motifs is 1. The molecule has 0 aliphatic heterocycles. The standard InChI is InChI=1S/C17H19ClFN5O/c1-9(10-5-6-13(19)12(18)7-10)21-16-22-14-11(15(25)23-16)8-20-24(14)17(2,3)4/h5-9H,1-4H3,(H2,21,22,23,25). The maximum absolute atomic E-state index is 13.3. The Morgan fingerprint density at radius 1 is 1.36 bits per heavy atom. The van der Waals surface area contributed by atoms with Gasteiger partial charge in [-0.3, -0.25) is 9.78 Å². The van der Waals surface area contributed by atoms with Crippen LogP contribution < -0.4 is 10.9 Å². The number of H-pyrrole nitrogens is 1. The number of hydrogen-bond donors (Lipinski definition) is 2. The Kier molecular flexibility index (Phi) is 4.28. The highest BCUT2D eigenvalue weighted by Crippen LogP contribution is 2.23. The molecule has 8 heteroatoms. The minimum atomic E-state index is -0.473. The Bertz CT molecular complexity index is 989. The van der Waals surface area contributed by atoms with Crippen LogP contribution in [0.25, 0.3) is 11.0 Å². The average molecular weight is 364 g/mol. The van der Waals surface area contributed by atoms with Gasteiger partial charge in [0, 0.05) is 0 Å². The van der Waals surface area contributed by atoms with Gasteiger partial charge in [-0.25, -0.2) is 9.07 Å². The summed E-state index contributed by atoms with van der Waals surface area (Å²) < 4.78 is 15.0. The molecule has 2 aromatic heterocycles. The number of anilines is 1. The highest BCUT2D eigenvalue weighted by Gasteiger charge is 2.20. The zero-order chi connectivity index (χ0) is 18.4. The van der Waals surface area contributed by atoms with E-state index in [1.165, 1.54) is 12.3 Å². The summed E-state index contributed by atoms with van der Waals surface area (Å²) in [6.45, 7) is 7.82. The Balaban J connectivity index is 1.98. The fraction of sp³-hybridized carbons (Fsp3) is 0.353. The molecule has 0 amide bonds. The van der Waals surface area contributed by atoms with E-state index in [2.05, 4.69) is 20.4 Å². The first-order valence-corrected chi connectivity index (χ1v) is 8.24. The fourth-order valence-electron chi connectivity index (χ4n) is 2.55. The zero-order valence-corrected chi connectivity index (χ0v) is 15.1. The van der Waals surface area contributed by atoms with Crippen LogP contribution in [0.1, 0.15) is 39.3 Å². The number of aromatic nitrogens is 4. The van der Waals surface area contributed by atoms with Gasteiger partial charge in [-0.05, 0) is 45.4 Å². The first-order valence-electron chi connectivity index (χ1n) is 7.87. The fourth-order valence-corrected chi connectivity index (χ4v) is 2.74. The molecular weight excluding hydrogens is 345 g/mol. The maximum Gasteiger partial charge on any atom is 0.263 e. The van der Waals surface area contributed by atoms with Crippen molar-refractivity contribution in [3.8, 4) is 0 Å². The van der Waals surface area contributed by atoms with Crippen molar-refractivity contribution in [3.63, 3.8) is 0 Å². The van der Waals surface area contributed by atoms with Crippen LogP contribution >= 0.6 is 11.6 Å². The van der Waals surface area contributed by atoms with Crippen molar-refractivity contribution in [2.24, 2.45) is 0 Å². The van der Waals surface area contributed by atoms with Crippen molar-refractivity contribution in [1.29, 1.82) is 0 Å². The summed E-state index contributed by atoms with van der Waals surface area (Å²) in [5.41, 5.74) is 0.699. The molecule has 0 saturated carbocycles. The summed E-state index contributed by atoms with van der Waals surface area (Å²) in [7, 11) is 0. The molecule has 2 heterocycles. The number of halogens is 2. The SMILES string of the molecule is CC(Nc1nc2c(cnn2C(C)(C)C)c(=O)[nH]1)c1ccc(F)c(Cl)c1. The van der Waals surface area contributed by atoms with Gasteiger partial charge in [-0.1, -0.05) is 17.7 Å². The monoisotopic (exact) mass is 363 g/mol. The van der Waals surface area contributed by atoms with Gasteiger partial charge in [-0.2, -0.15) is 10.1 Å². The third-order valence-corrected chi connectivity index (χ3v) is 4.16. The molecule has 1 aromatic carbocycles. The van der Waals surface area contributed by atoms with Crippen LogP contribution in [0.2, 0.25) is 5.02 Å². The van der Waals surface area contributed by atoms with Crippen LogP contribution in [0.15, 0.2) is 29.2 Å². The van der Waals surface area contributed by atoms with E-state index in [1.54, 1.807) is 16.8 Å². The third-order valence-electron chi connectivity index (χ3n) is 3.87. The van der Waals surface area contributed by atoms with Gasteiger partial charge in [-0.15, -0.1) is 0 Å².